The van der Waals surface area contributed by atoms with Gasteiger partial charge >= 0.3 is 0 Å². The average molecular weight is 243 g/mol. The molecule has 17 heavy (non-hydrogen) atoms. The first-order chi connectivity index (χ1) is 8.26. The van der Waals surface area contributed by atoms with E-state index in [1.807, 2.05) is 0 Å². The fourth-order valence-corrected chi connectivity index (χ4v) is 1.99. The molecule has 0 radical (unpaired) electrons. The molecule has 0 fully saturated rings. The number of hydrogen-bond donors (Lipinski definition) is 1. The van der Waals surface area contributed by atoms with Crippen molar-refractivity contribution in [1.29, 1.82) is 0 Å². The third kappa shape index (κ3) is 9.61. The van der Waals surface area contributed by atoms with Crippen molar-refractivity contribution < 1.29 is 4.74 Å². The van der Waals surface area contributed by atoms with Crippen LogP contribution in [0.5, 0.6) is 0 Å². The maximum Gasteiger partial charge on any atom is 0.0622 e. The molecule has 0 spiro atoms. The van der Waals surface area contributed by atoms with Crippen LogP contribution in [0.15, 0.2) is 0 Å². The lowest BCUT2D eigenvalue weighted by atomic mass is 10.00. The third-order valence-electron chi connectivity index (χ3n) is 3.49. The van der Waals surface area contributed by atoms with E-state index in [1.54, 1.807) is 0 Å². The van der Waals surface area contributed by atoms with Crippen LogP contribution in [0.3, 0.4) is 0 Å². The van der Waals surface area contributed by atoms with Crippen molar-refractivity contribution in [3.63, 3.8) is 0 Å². The summed E-state index contributed by atoms with van der Waals surface area (Å²) in [4.78, 5) is 0. The fraction of sp³-hybridized carbons (Fsp3) is 1.00. The molecule has 1 N–H and O–H groups in total. The SMILES string of the molecule is CCCCCCCOCC(NCC)C(C)CC. The highest BCUT2D eigenvalue weighted by Crippen LogP contribution is 2.09. The van der Waals surface area contributed by atoms with E-state index < -0.39 is 0 Å². The van der Waals surface area contributed by atoms with Crippen LogP contribution in [-0.2, 0) is 4.74 Å². The van der Waals surface area contributed by atoms with Crippen LogP contribution in [0, 0.1) is 5.92 Å². The van der Waals surface area contributed by atoms with Gasteiger partial charge in [-0.25, -0.2) is 0 Å². The molecule has 0 aliphatic heterocycles. The van der Waals surface area contributed by atoms with E-state index in [4.69, 9.17) is 4.74 Å². The second-order valence-electron chi connectivity index (χ2n) is 5.04. The van der Waals surface area contributed by atoms with Crippen molar-refractivity contribution in [3.8, 4) is 0 Å². The van der Waals surface area contributed by atoms with E-state index in [9.17, 15) is 0 Å². The largest absolute Gasteiger partial charge is 0.380 e. The van der Waals surface area contributed by atoms with Gasteiger partial charge in [0.1, 0.15) is 0 Å². The summed E-state index contributed by atoms with van der Waals surface area (Å²) < 4.78 is 5.79. The summed E-state index contributed by atoms with van der Waals surface area (Å²) in [6.07, 6.45) is 7.81. The highest BCUT2D eigenvalue weighted by Gasteiger charge is 2.14. The lowest BCUT2D eigenvalue weighted by Crippen LogP contribution is -2.38. The summed E-state index contributed by atoms with van der Waals surface area (Å²) in [5.74, 6) is 0.704. The topological polar surface area (TPSA) is 21.3 Å². The normalized spacial score (nSPS) is 14.8. The Labute approximate surface area is 109 Å². The van der Waals surface area contributed by atoms with E-state index in [0.29, 0.717) is 12.0 Å². The van der Waals surface area contributed by atoms with E-state index in [-0.39, 0.29) is 0 Å². The molecule has 0 rings (SSSR count). The van der Waals surface area contributed by atoms with Gasteiger partial charge in [-0.15, -0.1) is 0 Å². The fourth-order valence-electron chi connectivity index (χ4n) is 1.99. The van der Waals surface area contributed by atoms with Crippen molar-refractivity contribution in [2.45, 2.75) is 72.3 Å². The first-order valence-electron chi connectivity index (χ1n) is 7.57. The Kier molecular flexibility index (Phi) is 12.3. The Morgan fingerprint density at radius 3 is 2.29 bits per heavy atom. The molecule has 2 nitrogen and oxygen atoms in total. The molecule has 0 saturated heterocycles. The molecule has 0 heterocycles. The van der Waals surface area contributed by atoms with Crippen LogP contribution >= 0.6 is 0 Å². The predicted octanol–water partition coefficient (Wildman–Crippen LogP) is 4.00. The van der Waals surface area contributed by atoms with Crippen molar-refractivity contribution in [2.75, 3.05) is 19.8 Å². The molecule has 2 atom stereocenters. The van der Waals surface area contributed by atoms with Crippen LogP contribution in [0.4, 0.5) is 0 Å². The summed E-state index contributed by atoms with van der Waals surface area (Å²) in [5, 5.41) is 3.52. The van der Waals surface area contributed by atoms with Gasteiger partial charge in [0.05, 0.1) is 6.61 Å². The monoisotopic (exact) mass is 243 g/mol. The van der Waals surface area contributed by atoms with Gasteiger partial charge in [0.2, 0.25) is 0 Å². The highest BCUT2D eigenvalue weighted by molar-refractivity contribution is 4.71. The average Bonchev–Trinajstić information content (AvgIpc) is 2.35. The molecule has 0 aliphatic carbocycles. The van der Waals surface area contributed by atoms with Gasteiger partial charge in [0, 0.05) is 12.6 Å². The van der Waals surface area contributed by atoms with Crippen molar-refractivity contribution >= 4 is 0 Å². The molecule has 104 valence electrons. The lowest BCUT2D eigenvalue weighted by molar-refractivity contribution is 0.0922. The Bertz CT molecular complexity index is 150. The molecule has 0 aromatic heterocycles. The minimum atomic E-state index is 0.528. The van der Waals surface area contributed by atoms with Crippen LogP contribution in [-0.4, -0.2) is 25.8 Å². The number of rotatable bonds is 12. The summed E-state index contributed by atoms with van der Waals surface area (Å²) in [7, 11) is 0. The molecule has 0 saturated carbocycles. The van der Waals surface area contributed by atoms with E-state index in [0.717, 1.165) is 19.8 Å². The van der Waals surface area contributed by atoms with E-state index in [1.165, 1.54) is 38.5 Å². The van der Waals surface area contributed by atoms with Gasteiger partial charge in [0.25, 0.3) is 0 Å². The van der Waals surface area contributed by atoms with Gasteiger partial charge in [-0.2, -0.15) is 0 Å². The first kappa shape index (κ1) is 16.9. The molecular weight excluding hydrogens is 210 g/mol. The van der Waals surface area contributed by atoms with Gasteiger partial charge in [-0.05, 0) is 18.9 Å². The number of hydrogen-bond acceptors (Lipinski definition) is 2. The van der Waals surface area contributed by atoms with E-state index in [2.05, 4.69) is 33.0 Å². The van der Waals surface area contributed by atoms with Crippen LogP contribution < -0.4 is 5.32 Å². The zero-order valence-corrected chi connectivity index (χ0v) is 12.4. The van der Waals surface area contributed by atoms with Crippen LogP contribution in [0.2, 0.25) is 0 Å². The van der Waals surface area contributed by atoms with Crippen molar-refractivity contribution in [3.05, 3.63) is 0 Å². The van der Waals surface area contributed by atoms with Crippen LogP contribution in [0.1, 0.15) is 66.2 Å². The van der Waals surface area contributed by atoms with Gasteiger partial charge in [-0.3, -0.25) is 0 Å². The molecule has 2 unspecified atom stereocenters. The summed E-state index contributed by atoms with van der Waals surface area (Å²) in [6, 6.07) is 0.528. The summed E-state index contributed by atoms with van der Waals surface area (Å²) >= 11 is 0. The Balaban J connectivity index is 3.47. The molecule has 0 amide bonds. The van der Waals surface area contributed by atoms with Gasteiger partial charge in [0.15, 0.2) is 0 Å². The molecule has 2 heteroatoms. The minimum absolute atomic E-state index is 0.528. The van der Waals surface area contributed by atoms with Crippen molar-refractivity contribution in [1.82, 2.24) is 5.32 Å². The summed E-state index contributed by atoms with van der Waals surface area (Å²) in [5.41, 5.74) is 0. The number of likely N-dealkylation sites (N-methyl/N-ethyl adjacent to an activating group) is 1. The third-order valence-corrected chi connectivity index (χ3v) is 3.49. The molecule has 0 aromatic carbocycles. The maximum absolute atomic E-state index is 5.79. The Morgan fingerprint density at radius 1 is 1.00 bits per heavy atom. The summed E-state index contributed by atoms with van der Waals surface area (Å²) in [6.45, 7) is 11.8. The second kappa shape index (κ2) is 12.4. The zero-order chi connectivity index (χ0) is 12.9. The maximum atomic E-state index is 5.79. The van der Waals surface area contributed by atoms with Crippen molar-refractivity contribution in [2.24, 2.45) is 5.92 Å². The Morgan fingerprint density at radius 2 is 1.71 bits per heavy atom. The second-order valence-corrected chi connectivity index (χ2v) is 5.04. The Hall–Kier alpha value is -0.0800. The molecule has 0 bridgehead atoms. The number of ether oxygens (including phenoxy) is 1. The molecule has 0 aromatic rings. The standard InChI is InChI=1S/C15H33NO/c1-5-8-9-10-11-12-17-13-15(16-7-3)14(4)6-2/h14-16H,5-13H2,1-4H3. The zero-order valence-electron chi connectivity index (χ0n) is 12.4. The smallest absolute Gasteiger partial charge is 0.0622 e. The van der Waals surface area contributed by atoms with Gasteiger partial charge < -0.3 is 10.1 Å². The highest BCUT2D eigenvalue weighted by atomic mass is 16.5. The molecular formula is C15H33NO. The lowest BCUT2D eigenvalue weighted by Gasteiger charge is -2.23. The first-order valence-corrected chi connectivity index (χ1v) is 7.57. The number of nitrogens with one attached hydrogen (secondary N) is 1. The van der Waals surface area contributed by atoms with Gasteiger partial charge in [-0.1, -0.05) is 59.8 Å². The van der Waals surface area contributed by atoms with E-state index >= 15 is 0 Å². The minimum Gasteiger partial charge on any atom is -0.380 e. The quantitative estimate of drug-likeness (QED) is 0.523. The molecule has 0 aliphatic rings. The predicted molar refractivity (Wildman–Crippen MR) is 76.5 cm³/mol. The number of unbranched alkanes of at least 4 members (excludes halogenated alkanes) is 4. The van der Waals surface area contributed by atoms with Crippen LogP contribution in [0.25, 0.3) is 0 Å².